The highest BCUT2D eigenvalue weighted by molar-refractivity contribution is 7.89. The number of rotatable bonds is 9. The minimum atomic E-state index is -4.25. The van der Waals surface area contributed by atoms with Crippen molar-refractivity contribution in [1.82, 2.24) is 14.1 Å². The molecule has 1 fully saturated rings. The van der Waals surface area contributed by atoms with Gasteiger partial charge in [0.15, 0.2) is 0 Å². The fourth-order valence-electron chi connectivity index (χ4n) is 3.67. The van der Waals surface area contributed by atoms with Crippen LogP contribution in [0.15, 0.2) is 35.3 Å². The van der Waals surface area contributed by atoms with E-state index in [9.17, 15) is 26.4 Å². The monoisotopic (exact) mass is 536 g/mol. The Kier molecular flexibility index (Phi) is 8.71. The van der Waals surface area contributed by atoms with E-state index in [0.717, 1.165) is 4.68 Å². The Morgan fingerprint density at radius 3 is 2.43 bits per heavy atom. The summed E-state index contributed by atoms with van der Waals surface area (Å²) in [5.41, 5.74) is 0.187. The van der Waals surface area contributed by atoms with Crippen LogP contribution in [-0.2, 0) is 10.0 Å². The van der Waals surface area contributed by atoms with Crippen molar-refractivity contribution in [1.29, 1.82) is 0 Å². The molecule has 1 aliphatic heterocycles. The van der Waals surface area contributed by atoms with Gasteiger partial charge in [-0.2, -0.15) is 27.3 Å². The fraction of sp³-hybridized carbons (Fsp3) is 0.545. The molecule has 0 saturated carbocycles. The Hall–Kier alpha value is -2.31. The minimum Gasteiger partial charge on any atom is -0.486 e. The zero-order valence-electron chi connectivity index (χ0n) is 19.5. The van der Waals surface area contributed by atoms with Gasteiger partial charge in [0.1, 0.15) is 5.69 Å². The predicted octanol–water partition coefficient (Wildman–Crippen LogP) is 3.86. The number of aromatic nitrogens is 2. The second-order valence-electron chi connectivity index (χ2n) is 8.46. The highest BCUT2D eigenvalue weighted by Crippen LogP contribution is 2.27. The number of halogens is 4. The summed E-state index contributed by atoms with van der Waals surface area (Å²) in [6, 6.07) is 6.50. The van der Waals surface area contributed by atoms with E-state index in [1.54, 1.807) is 43.0 Å². The van der Waals surface area contributed by atoms with Gasteiger partial charge in [-0.3, -0.25) is 4.79 Å². The van der Waals surface area contributed by atoms with E-state index >= 15 is 0 Å². The normalized spacial score (nSPS) is 15.6. The average molecular weight is 537 g/mol. The molecule has 0 aliphatic carbocycles. The molecular weight excluding hydrogens is 509 g/mol. The standard InChI is InChI=1S/C22H28ClF3N4O4S/c1-16(2)35(32,33)29-11-9-28(10-12-29)19-15-27-30(18-7-5-6-17(23)14-18)21(31)20(19)34-13-4-3-8-22(24,25)26/h5-7,14-16H,3-4,8-13H2,1-2H3. The number of anilines is 1. The first kappa shape index (κ1) is 27.3. The number of hydrogen-bond donors (Lipinski definition) is 0. The summed E-state index contributed by atoms with van der Waals surface area (Å²) in [6.07, 6.45) is -3.76. The smallest absolute Gasteiger partial charge is 0.389 e. The Bertz CT molecular complexity index is 1180. The van der Waals surface area contributed by atoms with Gasteiger partial charge in [0, 0.05) is 37.6 Å². The maximum Gasteiger partial charge on any atom is 0.389 e. The molecule has 3 rings (SSSR count). The van der Waals surface area contributed by atoms with Crippen molar-refractivity contribution >= 4 is 27.3 Å². The van der Waals surface area contributed by atoms with Crippen LogP contribution in [0.25, 0.3) is 5.69 Å². The molecule has 0 bridgehead atoms. The molecule has 0 N–H and O–H groups in total. The van der Waals surface area contributed by atoms with Crippen molar-refractivity contribution in [3.05, 3.63) is 45.8 Å². The SMILES string of the molecule is CC(C)S(=O)(=O)N1CCN(c2cnn(-c3cccc(Cl)c3)c(=O)c2OCCCCC(F)(F)F)CC1. The van der Waals surface area contributed by atoms with E-state index < -0.39 is 33.4 Å². The molecule has 0 amide bonds. The average Bonchev–Trinajstić information content (AvgIpc) is 2.79. The lowest BCUT2D eigenvalue weighted by Gasteiger charge is -2.36. The van der Waals surface area contributed by atoms with Crippen molar-refractivity contribution < 1.29 is 26.3 Å². The van der Waals surface area contributed by atoms with E-state index in [2.05, 4.69) is 5.10 Å². The number of hydrogen-bond acceptors (Lipinski definition) is 6. The van der Waals surface area contributed by atoms with Crippen LogP contribution in [0.1, 0.15) is 33.1 Å². The third kappa shape index (κ3) is 6.89. The summed E-state index contributed by atoms with van der Waals surface area (Å²) in [5.74, 6) is -0.0489. The van der Waals surface area contributed by atoms with Crippen molar-refractivity contribution in [2.75, 3.05) is 37.7 Å². The maximum absolute atomic E-state index is 13.3. The molecule has 1 saturated heterocycles. The van der Waals surface area contributed by atoms with E-state index in [1.165, 1.54) is 10.5 Å². The molecule has 1 aromatic heterocycles. The number of sulfonamides is 1. The second kappa shape index (κ2) is 11.2. The largest absolute Gasteiger partial charge is 0.486 e. The summed E-state index contributed by atoms with van der Waals surface area (Å²) >= 11 is 6.04. The van der Waals surface area contributed by atoms with Crippen LogP contribution in [0.5, 0.6) is 5.75 Å². The van der Waals surface area contributed by atoms with Gasteiger partial charge < -0.3 is 9.64 Å². The number of benzene rings is 1. The molecule has 8 nitrogen and oxygen atoms in total. The van der Waals surface area contributed by atoms with E-state index in [-0.39, 0.29) is 38.3 Å². The van der Waals surface area contributed by atoms with Crippen LogP contribution in [0, 0.1) is 0 Å². The zero-order valence-corrected chi connectivity index (χ0v) is 21.0. The number of alkyl halides is 3. The zero-order chi connectivity index (χ0) is 25.8. The number of ether oxygens (including phenoxy) is 1. The third-order valence-electron chi connectivity index (χ3n) is 5.60. The molecule has 2 aromatic rings. The van der Waals surface area contributed by atoms with Gasteiger partial charge in [0.2, 0.25) is 15.8 Å². The summed E-state index contributed by atoms with van der Waals surface area (Å²) in [7, 11) is -3.41. The molecule has 0 spiro atoms. The Morgan fingerprint density at radius 2 is 1.83 bits per heavy atom. The van der Waals surface area contributed by atoms with Crippen LogP contribution in [-0.4, -0.2) is 66.7 Å². The maximum atomic E-state index is 13.3. The first-order valence-corrected chi connectivity index (χ1v) is 13.1. The molecule has 2 heterocycles. The highest BCUT2D eigenvalue weighted by atomic mass is 35.5. The highest BCUT2D eigenvalue weighted by Gasteiger charge is 2.31. The Morgan fingerprint density at radius 1 is 1.14 bits per heavy atom. The number of piperazine rings is 1. The van der Waals surface area contributed by atoms with Crippen molar-refractivity contribution in [3.8, 4) is 11.4 Å². The van der Waals surface area contributed by atoms with Crippen molar-refractivity contribution in [2.24, 2.45) is 0 Å². The summed E-state index contributed by atoms with van der Waals surface area (Å²) < 4.78 is 70.5. The molecule has 0 atom stereocenters. The van der Waals surface area contributed by atoms with Gasteiger partial charge >= 0.3 is 11.7 Å². The first-order valence-electron chi connectivity index (χ1n) is 11.2. The van der Waals surface area contributed by atoms with Gasteiger partial charge in [0.25, 0.3) is 0 Å². The van der Waals surface area contributed by atoms with Crippen LogP contribution in [0.3, 0.4) is 0 Å². The summed E-state index contributed by atoms with van der Waals surface area (Å²) in [5, 5.41) is 4.09. The Balaban J connectivity index is 1.85. The van der Waals surface area contributed by atoms with Crippen LogP contribution in [0.2, 0.25) is 5.02 Å². The summed E-state index contributed by atoms with van der Waals surface area (Å²) in [4.78, 5) is 15.1. The van der Waals surface area contributed by atoms with Gasteiger partial charge in [0.05, 0.1) is 23.7 Å². The van der Waals surface area contributed by atoms with Gasteiger partial charge in [-0.15, -0.1) is 0 Å². The molecule has 0 unspecified atom stereocenters. The van der Waals surface area contributed by atoms with Gasteiger partial charge in [-0.1, -0.05) is 17.7 Å². The molecule has 13 heteroatoms. The van der Waals surface area contributed by atoms with Crippen LogP contribution < -0.4 is 15.2 Å². The molecule has 194 valence electrons. The topological polar surface area (TPSA) is 84.7 Å². The lowest BCUT2D eigenvalue weighted by molar-refractivity contribution is -0.135. The van der Waals surface area contributed by atoms with E-state index in [4.69, 9.17) is 16.3 Å². The van der Waals surface area contributed by atoms with Crippen molar-refractivity contribution in [3.63, 3.8) is 0 Å². The Labute approximate surface area is 207 Å². The quantitative estimate of drug-likeness (QED) is 0.453. The molecule has 1 aromatic carbocycles. The predicted molar refractivity (Wildman–Crippen MR) is 128 cm³/mol. The fourth-order valence-corrected chi connectivity index (χ4v) is 5.12. The molecule has 1 aliphatic rings. The minimum absolute atomic E-state index is 0.0489. The summed E-state index contributed by atoms with van der Waals surface area (Å²) in [6.45, 7) is 4.21. The first-order chi connectivity index (χ1) is 16.4. The molecule has 35 heavy (non-hydrogen) atoms. The lowest BCUT2D eigenvalue weighted by Crippen LogP contribution is -2.50. The third-order valence-corrected chi connectivity index (χ3v) is 8.11. The van der Waals surface area contributed by atoms with Crippen LogP contribution in [0.4, 0.5) is 18.9 Å². The van der Waals surface area contributed by atoms with E-state index in [1.807, 2.05) is 0 Å². The van der Waals surface area contributed by atoms with Gasteiger partial charge in [-0.25, -0.2) is 8.42 Å². The van der Waals surface area contributed by atoms with Gasteiger partial charge in [-0.05, 0) is 44.9 Å². The lowest BCUT2D eigenvalue weighted by atomic mass is 10.2. The molecule has 0 radical (unpaired) electrons. The molecular formula is C22H28ClF3N4O4S. The second-order valence-corrected chi connectivity index (χ2v) is 11.4. The van der Waals surface area contributed by atoms with E-state index in [0.29, 0.717) is 29.5 Å². The number of unbranched alkanes of at least 4 members (excludes halogenated alkanes) is 1. The van der Waals surface area contributed by atoms with Crippen LogP contribution >= 0.6 is 11.6 Å². The number of nitrogens with zero attached hydrogens (tertiary/aromatic N) is 4. The van der Waals surface area contributed by atoms with Crippen molar-refractivity contribution in [2.45, 2.75) is 44.5 Å².